The van der Waals surface area contributed by atoms with E-state index >= 15 is 0 Å². The van der Waals surface area contributed by atoms with Crippen LogP contribution in [0.3, 0.4) is 0 Å². The average Bonchev–Trinajstić information content (AvgIpc) is 2.88. The van der Waals surface area contributed by atoms with E-state index in [9.17, 15) is 4.79 Å². The van der Waals surface area contributed by atoms with Gasteiger partial charge in [-0.2, -0.15) is 11.3 Å². The van der Waals surface area contributed by atoms with E-state index < -0.39 is 0 Å². The Bertz CT molecular complexity index is 344. The van der Waals surface area contributed by atoms with E-state index in [1.54, 1.807) is 11.3 Å². The molecule has 16 heavy (non-hydrogen) atoms. The minimum atomic E-state index is -0.0108. The highest BCUT2D eigenvalue weighted by atomic mass is 32.1. The minimum Gasteiger partial charge on any atom is -0.372 e. The Morgan fingerprint density at radius 2 is 2.44 bits per heavy atom. The molecule has 0 radical (unpaired) electrons. The van der Waals surface area contributed by atoms with Crippen molar-refractivity contribution in [2.24, 2.45) is 0 Å². The van der Waals surface area contributed by atoms with E-state index in [2.05, 4.69) is 22.1 Å². The number of hydrogen-bond acceptors (Lipinski definition) is 3. The van der Waals surface area contributed by atoms with Gasteiger partial charge in [0.2, 0.25) is 5.91 Å². The monoisotopic (exact) mass is 239 g/mol. The lowest BCUT2D eigenvalue weighted by molar-refractivity contribution is -0.125. The van der Waals surface area contributed by atoms with Crippen molar-refractivity contribution in [3.8, 4) is 0 Å². The smallest absolute Gasteiger partial charge is 0.246 e. The summed E-state index contributed by atoms with van der Waals surface area (Å²) >= 11 is 1.72. The molecule has 1 heterocycles. The van der Waals surface area contributed by atoms with Crippen LogP contribution in [-0.2, 0) is 14.9 Å². The fraction of sp³-hybridized carbons (Fsp3) is 0.583. The van der Waals surface area contributed by atoms with Crippen molar-refractivity contribution in [3.05, 3.63) is 22.4 Å². The SMILES string of the molecule is CCOCC(=O)NCC1(c2ccsc2)CC1. The molecule has 1 aliphatic carbocycles. The van der Waals surface area contributed by atoms with E-state index in [1.807, 2.05) is 6.92 Å². The van der Waals surface area contributed by atoms with Crippen LogP contribution in [0.5, 0.6) is 0 Å². The van der Waals surface area contributed by atoms with Crippen molar-refractivity contribution < 1.29 is 9.53 Å². The molecule has 2 rings (SSSR count). The summed E-state index contributed by atoms with van der Waals surface area (Å²) in [6, 6.07) is 2.16. The van der Waals surface area contributed by atoms with Crippen molar-refractivity contribution in [1.29, 1.82) is 0 Å². The molecule has 0 spiro atoms. The van der Waals surface area contributed by atoms with Crippen LogP contribution in [0.4, 0.5) is 0 Å². The number of amides is 1. The maximum absolute atomic E-state index is 11.4. The molecule has 1 amide bonds. The van der Waals surface area contributed by atoms with Crippen molar-refractivity contribution in [3.63, 3.8) is 0 Å². The average molecular weight is 239 g/mol. The van der Waals surface area contributed by atoms with Gasteiger partial charge in [-0.15, -0.1) is 0 Å². The van der Waals surface area contributed by atoms with Gasteiger partial charge in [0.15, 0.2) is 0 Å². The lowest BCUT2D eigenvalue weighted by Gasteiger charge is -2.14. The molecule has 1 N–H and O–H groups in total. The molecule has 0 saturated heterocycles. The zero-order chi connectivity index (χ0) is 11.4. The van der Waals surface area contributed by atoms with Gasteiger partial charge in [-0.25, -0.2) is 0 Å². The predicted octanol–water partition coefficient (Wildman–Crippen LogP) is 1.93. The maximum Gasteiger partial charge on any atom is 0.246 e. The van der Waals surface area contributed by atoms with Gasteiger partial charge in [-0.3, -0.25) is 4.79 Å². The first kappa shape index (κ1) is 11.6. The molecule has 1 fully saturated rings. The van der Waals surface area contributed by atoms with Crippen molar-refractivity contribution >= 4 is 17.2 Å². The first-order valence-corrected chi connectivity index (χ1v) is 6.58. The summed E-state index contributed by atoms with van der Waals surface area (Å²) in [5, 5.41) is 7.23. The van der Waals surface area contributed by atoms with Gasteiger partial charge in [-0.1, -0.05) is 0 Å². The summed E-state index contributed by atoms with van der Waals surface area (Å²) in [5.74, 6) is -0.0108. The number of ether oxygens (including phenoxy) is 1. The van der Waals surface area contributed by atoms with Gasteiger partial charge in [-0.05, 0) is 42.2 Å². The van der Waals surface area contributed by atoms with Crippen LogP contribution >= 0.6 is 11.3 Å². The number of carbonyl (C=O) groups excluding carboxylic acids is 1. The van der Waals surface area contributed by atoms with Gasteiger partial charge in [0.05, 0.1) is 0 Å². The Morgan fingerprint density at radius 1 is 1.62 bits per heavy atom. The molecule has 1 aromatic heterocycles. The number of hydrogen-bond donors (Lipinski definition) is 1. The number of carbonyl (C=O) groups is 1. The zero-order valence-corrected chi connectivity index (χ0v) is 10.3. The summed E-state index contributed by atoms with van der Waals surface area (Å²) in [5.41, 5.74) is 1.59. The Labute approximate surface area is 99.8 Å². The van der Waals surface area contributed by atoms with Gasteiger partial charge in [0, 0.05) is 18.6 Å². The second-order valence-electron chi connectivity index (χ2n) is 4.21. The van der Waals surface area contributed by atoms with Crippen molar-refractivity contribution in [2.75, 3.05) is 19.8 Å². The quantitative estimate of drug-likeness (QED) is 0.824. The molecule has 0 aliphatic heterocycles. The fourth-order valence-corrected chi connectivity index (χ4v) is 2.58. The maximum atomic E-state index is 11.4. The highest BCUT2D eigenvalue weighted by Crippen LogP contribution is 2.48. The van der Waals surface area contributed by atoms with Crippen molar-refractivity contribution in [2.45, 2.75) is 25.2 Å². The first-order valence-electron chi connectivity index (χ1n) is 5.64. The molecule has 4 heteroatoms. The van der Waals surface area contributed by atoms with Crippen LogP contribution in [-0.4, -0.2) is 25.7 Å². The fourth-order valence-electron chi connectivity index (χ4n) is 1.80. The first-order chi connectivity index (χ1) is 7.77. The zero-order valence-electron chi connectivity index (χ0n) is 9.49. The molecule has 1 aromatic rings. The number of rotatable bonds is 6. The molecular formula is C12H17NO2S. The second kappa shape index (κ2) is 4.97. The minimum absolute atomic E-state index is 0.0108. The Hall–Kier alpha value is -0.870. The van der Waals surface area contributed by atoms with Crippen LogP contribution in [0.25, 0.3) is 0 Å². The third kappa shape index (κ3) is 2.62. The van der Waals surface area contributed by atoms with Gasteiger partial charge in [0.1, 0.15) is 6.61 Å². The standard InChI is InChI=1S/C12H17NO2S/c1-2-15-7-11(14)13-9-12(4-5-12)10-3-6-16-8-10/h3,6,8H,2,4-5,7,9H2,1H3,(H,13,14). The van der Waals surface area contributed by atoms with Gasteiger partial charge >= 0.3 is 0 Å². The topological polar surface area (TPSA) is 38.3 Å². The van der Waals surface area contributed by atoms with E-state index in [1.165, 1.54) is 18.4 Å². The third-order valence-electron chi connectivity index (χ3n) is 3.05. The molecular weight excluding hydrogens is 222 g/mol. The predicted molar refractivity (Wildman–Crippen MR) is 64.7 cm³/mol. The van der Waals surface area contributed by atoms with E-state index in [0.717, 1.165) is 6.54 Å². The molecule has 88 valence electrons. The van der Waals surface area contributed by atoms with Gasteiger partial charge in [0.25, 0.3) is 0 Å². The summed E-state index contributed by atoms with van der Waals surface area (Å²) in [4.78, 5) is 11.4. The summed E-state index contributed by atoms with van der Waals surface area (Å²) in [6.07, 6.45) is 2.36. The molecule has 0 atom stereocenters. The third-order valence-corrected chi connectivity index (χ3v) is 3.73. The summed E-state index contributed by atoms with van der Waals surface area (Å²) < 4.78 is 5.06. The van der Waals surface area contributed by atoms with Crippen molar-refractivity contribution in [1.82, 2.24) is 5.32 Å². The number of nitrogens with one attached hydrogen (secondary N) is 1. The van der Waals surface area contributed by atoms with Crippen LogP contribution in [0, 0.1) is 0 Å². The van der Waals surface area contributed by atoms with E-state index in [0.29, 0.717) is 6.61 Å². The van der Waals surface area contributed by atoms with Crippen LogP contribution in [0.15, 0.2) is 16.8 Å². The molecule has 1 aliphatic rings. The summed E-state index contributed by atoms with van der Waals surface area (Å²) in [6.45, 7) is 3.40. The highest BCUT2D eigenvalue weighted by Gasteiger charge is 2.44. The van der Waals surface area contributed by atoms with Crippen LogP contribution < -0.4 is 5.32 Å². The van der Waals surface area contributed by atoms with Crippen LogP contribution in [0.1, 0.15) is 25.3 Å². The summed E-state index contributed by atoms with van der Waals surface area (Å²) in [7, 11) is 0. The lowest BCUT2D eigenvalue weighted by Crippen LogP contribution is -2.34. The van der Waals surface area contributed by atoms with Crippen LogP contribution in [0.2, 0.25) is 0 Å². The molecule has 1 saturated carbocycles. The van der Waals surface area contributed by atoms with E-state index in [4.69, 9.17) is 4.74 Å². The Balaban J connectivity index is 1.80. The largest absolute Gasteiger partial charge is 0.372 e. The molecule has 3 nitrogen and oxygen atoms in total. The van der Waals surface area contributed by atoms with E-state index in [-0.39, 0.29) is 17.9 Å². The molecule has 0 unspecified atom stereocenters. The number of thiophene rings is 1. The normalized spacial score (nSPS) is 17.1. The molecule has 0 aromatic carbocycles. The highest BCUT2D eigenvalue weighted by molar-refractivity contribution is 7.08. The Kier molecular flexibility index (Phi) is 3.61. The second-order valence-corrected chi connectivity index (χ2v) is 4.99. The van der Waals surface area contributed by atoms with Gasteiger partial charge < -0.3 is 10.1 Å². The Morgan fingerprint density at radius 3 is 3.00 bits per heavy atom. The lowest BCUT2D eigenvalue weighted by atomic mass is 9.99. The molecule has 0 bridgehead atoms.